The van der Waals surface area contributed by atoms with E-state index in [4.69, 9.17) is 0 Å². The number of halogens is 2. The summed E-state index contributed by atoms with van der Waals surface area (Å²) >= 11 is 0. The molecule has 4 heavy (non-hydrogen) atoms. The Hall–Kier alpha value is -0.0751. The zero-order valence-electron chi connectivity index (χ0n) is 1.39. The van der Waals surface area contributed by atoms with Crippen LogP contribution in [0.5, 0.6) is 0 Å². The molecule has 0 aromatic rings. The highest BCUT2D eigenvalue weighted by molar-refractivity contribution is 5.75. The first-order valence-electron chi connectivity index (χ1n) is 0. The summed E-state index contributed by atoms with van der Waals surface area (Å²) in [6, 6.07) is 0. The highest BCUT2D eigenvalue weighted by Gasteiger charge is 0.0000206. The van der Waals surface area contributed by atoms with Gasteiger partial charge in [-0.05, 0) is 0 Å². The van der Waals surface area contributed by atoms with Crippen molar-refractivity contribution < 1.29 is 9.41 Å². The minimum atomic E-state index is 0. The van der Waals surface area contributed by atoms with Gasteiger partial charge in [0.05, 0.1) is 0 Å². The number of rotatable bonds is 0. The molecule has 27 valence electrons. The third-order valence-electron chi connectivity index (χ3n) is 0. The average molecular weight is 66.9 g/mol. The lowest BCUT2D eigenvalue weighted by Gasteiger charge is -0.270. The van der Waals surface area contributed by atoms with Crippen molar-refractivity contribution in [3.05, 3.63) is 0 Å². The maximum Gasteiger partial charge on any atom is 0 e. The van der Waals surface area contributed by atoms with E-state index in [9.17, 15) is 0 Å². The van der Waals surface area contributed by atoms with Crippen molar-refractivity contribution in [1.29, 1.82) is 0 Å². The molecule has 3 radical (unpaired) electrons. The molecule has 0 aliphatic carbocycles. The Morgan fingerprint density at radius 3 is 0.750 bits per heavy atom. The molecule has 0 heterocycles. The lowest BCUT2D eigenvalue weighted by Crippen LogP contribution is -0.381. The molecule has 0 aliphatic rings. The van der Waals surface area contributed by atoms with Crippen LogP contribution in [0.4, 0.5) is 9.41 Å². The molecule has 0 atom stereocenters. The Morgan fingerprint density at radius 1 is 0.750 bits per heavy atom. The lowest BCUT2D eigenvalue weighted by atomic mass is 10.8. The van der Waals surface area contributed by atoms with Crippen molar-refractivity contribution in [2.45, 2.75) is 7.43 Å². The van der Waals surface area contributed by atoms with Crippen molar-refractivity contribution in [1.82, 2.24) is 0 Å². The molecule has 0 spiro atoms. The molecule has 0 unspecified atom stereocenters. The van der Waals surface area contributed by atoms with E-state index in [1.807, 2.05) is 0 Å². The van der Waals surface area contributed by atoms with E-state index in [2.05, 4.69) is 0 Å². The fraction of sp³-hybridized carbons (Fsp3) is 1.00. The summed E-state index contributed by atoms with van der Waals surface area (Å²) in [4.78, 5) is 0. The topological polar surface area (TPSA) is 0 Å². The van der Waals surface area contributed by atoms with Crippen molar-refractivity contribution in [2.24, 2.45) is 0 Å². The average Bonchev–Trinajstić information content (AvgIpc) is 0. The Labute approximate surface area is 26.5 Å². The van der Waals surface area contributed by atoms with Gasteiger partial charge in [-0.2, -0.15) is 0 Å². The van der Waals surface area contributed by atoms with Crippen LogP contribution in [0.15, 0.2) is 0 Å². The molecule has 0 fully saturated rings. The van der Waals surface area contributed by atoms with E-state index >= 15 is 0 Å². The second-order valence-corrected chi connectivity index (χ2v) is 0. The van der Waals surface area contributed by atoms with E-state index in [1.165, 1.54) is 0 Å². The zero-order valence-corrected chi connectivity index (χ0v) is 1.39. The van der Waals surface area contributed by atoms with Crippen LogP contribution in [0.25, 0.3) is 0 Å². The number of hydrogen-bond donors (Lipinski definition) is 0. The van der Waals surface area contributed by atoms with Crippen LogP contribution >= 0.6 is 0 Å². The van der Waals surface area contributed by atoms with Gasteiger partial charge in [-0.3, -0.25) is 9.41 Å². The van der Waals surface area contributed by atoms with Gasteiger partial charge in [-0.15, -0.1) is 0 Å². The van der Waals surface area contributed by atoms with Gasteiger partial charge in [0.1, 0.15) is 0 Å². The van der Waals surface area contributed by atoms with Crippen LogP contribution in [-0.4, -0.2) is 8.41 Å². The second kappa shape index (κ2) is 1920. The van der Waals surface area contributed by atoms with Crippen LogP contribution < -0.4 is 0 Å². The SMILES string of the molecule is C.F.F.[B]. The molecule has 0 N–H and O–H groups in total. The predicted octanol–water partition coefficient (Wildman–Crippen LogP) is 0.560. The molecule has 0 bridgehead atoms. The van der Waals surface area contributed by atoms with E-state index in [0.29, 0.717) is 0 Å². The first-order valence-corrected chi connectivity index (χ1v) is 0. The fourth-order valence-corrected chi connectivity index (χ4v) is 0. The summed E-state index contributed by atoms with van der Waals surface area (Å²) in [5.74, 6) is 0. The minimum absolute atomic E-state index is 0. The van der Waals surface area contributed by atoms with Gasteiger partial charge in [-0.25, -0.2) is 0 Å². The Kier molecular flexibility index (Phi) is 2870000. The van der Waals surface area contributed by atoms with Crippen LogP contribution in [-0.2, 0) is 0 Å². The third-order valence-corrected chi connectivity index (χ3v) is 0. The van der Waals surface area contributed by atoms with E-state index < -0.39 is 0 Å². The summed E-state index contributed by atoms with van der Waals surface area (Å²) in [6.07, 6.45) is 0. The van der Waals surface area contributed by atoms with Gasteiger partial charge < -0.3 is 0 Å². The van der Waals surface area contributed by atoms with Gasteiger partial charge in [0.15, 0.2) is 0 Å². The Balaban J connectivity index is 0. The Bertz CT molecular complexity index is 6.00. The standard InChI is InChI=1S/CH4.B.2FH/h1H4;;2*1H. The van der Waals surface area contributed by atoms with Crippen molar-refractivity contribution in [3.63, 3.8) is 0 Å². The smallest absolute Gasteiger partial charge is 0 e. The van der Waals surface area contributed by atoms with Crippen LogP contribution in [0.3, 0.4) is 0 Å². The third kappa shape index (κ3) is 292. The fourth-order valence-electron chi connectivity index (χ4n) is 0. The maximum atomic E-state index is 0. The Morgan fingerprint density at radius 2 is 0.750 bits per heavy atom. The van der Waals surface area contributed by atoms with Crippen molar-refractivity contribution >= 4 is 8.41 Å². The number of hydrogen-bond acceptors (Lipinski definition) is 0. The highest BCUT2D eigenvalue weighted by atomic mass is 19.0. The molecule has 0 saturated carbocycles. The first-order chi connectivity index (χ1) is 0. The predicted molar refractivity (Wildman–Crippen MR) is 17.5 cm³/mol. The second-order valence-electron chi connectivity index (χ2n) is 0. The van der Waals surface area contributed by atoms with Crippen molar-refractivity contribution in [2.75, 3.05) is 0 Å². The molecule has 3 heteroatoms. The summed E-state index contributed by atoms with van der Waals surface area (Å²) in [5.41, 5.74) is 0. The van der Waals surface area contributed by atoms with Crippen molar-refractivity contribution in [3.8, 4) is 0 Å². The van der Waals surface area contributed by atoms with E-state index in [1.54, 1.807) is 0 Å². The van der Waals surface area contributed by atoms with Gasteiger partial charge in [0.2, 0.25) is 0 Å². The largest absolute Gasteiger partial charge is 0.269 e. The molecule has 0 aromatic heterocycles. The highest BCUT2D eigenvalue weighted by Crippen LogP contribution is 0.421. The maximum absolute atomic E-state index is 0. The van der Waals surface area contributed by atoms with E-state index in [-0.39, 0.29) is 25.2 Å². The molecule has 0 nitrogen and oxygen atoms in total. The van der Waals surface area contributed by atoms with Crippen LogP contribution in [0.2, 0.25) is 0 Å². The normalized spacial score (nSPS) is 0. The van der Waals surface area contributed by atoms with Gasteiger partial charge in [-0.1, -0.05) is 7.43 Å². The first kappa shape index (κ1) is 5960. The van der Waals surface area contributed by atoms with Gasteiger partial charge in [0.25, 0.3) is 0 Å². The lowest BCUT2D eigenvalue weighted by molar-refractivity contribution is 1.11. The molecule has 0 aromatic carbocycles. The van der Waals surface area contributed by atoms with Gasteiger partial charge >= 0.3 is 0 Å². The summed E-state index contributed by atoms with van der Waals surface area (Å²) in [7, 11) is 0. The molecular weight excluding hydrogens is 60.8 g/mol. The molecule has 0 amide bonds. The van der Waals surface area contributed by atoms with Crippen LogP contribution in [0, 0.1) is 0 Å². The van der Waals surface area contributed by atoms with E-state index in [0.717, 1.165) is 0 Å². The molecule has 0 rings (SSSR count). The summed E-state index contributed by atoms with van der Waals surface area (Å²) < 4.78 is 0. The van der Waals surface area contributed by atoms with Crippen LogP contribution in [0.1, 0.15) is 7.43 Å². The monoisotopic (exact) mass is 67.1 g/mol. The van der Waals surface area contributed by atoms with Gasteiger partial charge in [0, 0.05) is 8.41 Å². The summed E-state index contributed by atoms with van der Waals surface area (Å²) in [5, 5.41) is 0. The summed E-state index contributed by atoms with van der Waals surface area (Å²) in [6.45, 7) is 0. The minimum Gasteiger partial charge on any atom is -0.269 e. The quantitative estimate of drug-likeness (QED) is 0.363. The molecule has 0 saturated heterocycles. The molecule has 0 aliphatic heterocycles. The molecular formula is CH6BF2. The zero-order chi connectivity index (χ0) is 0.